The number of ether oxygens (including phenoxy) is 1. The number of carbonyl (C=O) groups excluding carboxylic acids is 2. The van der Waals surface area contributed by atoms with Gasteiger partial charge in [0.15, 0.2) is 0 Å². The first kappa shape index (κ1) is 22.1. The number of fused-ring (bicyclic) bond motifs is 1. The Morgan fingerprint density at radius 1 is 0.879 bits per heavy atom. The van der Waals surface area contributed by atoms with Gasteiger partial charge in [0.2, 0.25) is 5.91 Å². The first-order valence-corrected chi connectivity index (χ1v) is 11.0. The minimum Gasteiger partial charge on any atom is -0.445 e. The normalized spacial score (nSPS) is 12.6. The van der Waals surface area contributed by atoms with E-state index < -0.39 is 12.1 Å². The lowest BCUT2D eigenvalue weighted by atomic mass is 10.0. The molecular weight excluding hydrogens is 414 g/mol. The molecule has 6 nitrogen and oxygen atoms in total. The second kappa shape index (κ2) is 10.5. The van der Waals surface area contributed by atoms with Crippen LogP contribution in [0.25, 0.3) is 10.9 Å². The molecule has 6 heteroatoms. The number of hydrogen-bond acceptors (Lipinski definition) is 3. The summed E-state index contributed by atoms with van der Waals surface area (Å²) in [5, 5.41) is 6.80. The molecule has 0 aliphatic carbocycles. The molecule has 2 unspecified atom stereocenters. The molecule has 168 valence electrons. The van der Waals surface area contributed by atoms with Crippen molar-refractivity contribution in [2.24, 2.45) is 0 Å². The van der Waals surface area contributed by atoms with Crippen LogP contribution in [-0.4, -0.2) is 23.0 Å². The molecular formula is C27H27N3O3. The number of aromatic amines is 1. The Morgan fingerprint density at radius 2 is 1.55 bits per heavy atom. The summed E-state index contributed by atoms with van der Waals surface area (Å²) in [5.41, 5.74) is 3.80. The third-order valence-electron chi connectivity index (χ3n) is 5.58. The number of para-hydroxylation sites is 1. The van der Waals surface area contributed by atoms with Gasteiger partial charge in [-0.05, 0) is 29.7 Å². The fourth-order valence-electron chi connectivity index (χ4n) is 3.78. The summed E-state index contributed by atoms with van der Waals surface area (Å²) < 4.78 is 5.37. The average Bonchev–Trinajstić information content (AvgIpc) is 3.26. The number of benzene rings is 3. The van der Waals surface area contributed by atoms with Gasteiger partial charge < -0.3 is 20.4 Å². The highest BCUT2D eigenvalue weighted by molar-refractivity contribution is 5.88. The molecule has 0 aliphatic heterocycles. The molecule has 3 N–H and O–H groups in total. The number of hydrogen-bond donors (Lipinski definition) is 3. The number of H-pyrrole nitrogens is 1. The fourth-order valence-corrected chi connectivity index (χ4v) is 3.78. The Balaban J connectivity index is 1.48. The highest BCUT2D eigenvalue weighted by Crippen LogP contribution is 2.20. The van der Waals surface area contributed by atoms with Crippen LogP contribution in [0, 0.1) is 0 Å². The number of rotatable bonds is 8. The van der Waals surface area contributed by atoms with E-state index in [4.69, 9.17) is 4.74 Å². The van der Waals surface area contributed by atoms with E-state index in [-0.39, 0.29) is 18.6 Å². The van der Waals surface area contributed by atoms with E-state index in [1.54, 1.807) is 0 Å². The van der Waals surface area contributed by atoms with Crippen molar-refractivity contribution in [1.29, 1.82) is 0 Å². The smallest absolute Gasteiger partial charge is 0.408 e. The molecule has 0 spiro atoms. The maximum absolute atomic E-state index is 13.2. The summed E-state index contributed by atoms with van der Waals surface area (Å²) in [6.07, 6.45) is 1.58. The largest absolute Gasteiger partial charge is 0.445 e. The van der Waals surface area contributed by atoms with Gasteiger partial charge >= 0.3 is 6.09 Å². The van der Waals surface area contributed by atoms with Gasteiger partial charge in [-0.15, -0.1) is 0 Å². The second-order valence-corrected chi connectivity index (χ2v) is 7.96. The van der Waals surface area contributed by atoms with Gasteiger partial charge in [0, 0.05) is 23.5 Å². The first-order valence-electron chi connectivity index (χ1n) is 11.0. The Kier molecular flexibility index (Phi) is 7.05. The molecule has 2 amide bonds. The number of aromatic nitrogens is 1. The summed E-state index contributed by atoms with van der Waals surface area (Å²) in [4.78, 5) is 29.0. The van der Waals surface area contributed by atoms with Crippen molar-refractivity contribution in [3.8, 4) is 0 Å². The van der Waals surface area contributed by atoms with E-state index in [0.717, 1.165) is 27.6 Å². The zero-order chi connectivity index (χ0) is 23.0. The molecule has 1 aromatic heterocycles. The topological polar surface area (TPSA) is 83.2 Å². The number of alkyl carbamates (subject to hydrolysis) is 1. The summed E-state index contributed by atoms with van der Waals surface area (Å²) in [6, 6.07) is 26.0. The lowest BCUT2D eigenvalue weighted by Gasteiger charge is -2.21. The molecule has 0 radical (unpaired) electrons. The van der Waals surface area contributed by atoms with E-state index >= 15 is 0 Å². The molecule has 1 heterocycles. The molecule has 4 aromatic rings. The Bertz CT molecular complexity index is 1210. The van der Waals surface area contributed by atoms with Crippen LogP contribution in [-0.2, 0) is 22.6 Å². The van der Waals surface area contributed by atoms with Gasteiger partial charge in [-0.1, -0.05) is 78.9 Å². The van der Waals surface area contributed by atoms with Crippen LogP contribution in [0.2, 0.25) is 0 Å². The fraction of sp³-hybridized carbons (Fsp3) is 0.185. The van der Waals surface area contributed by atoms with Crippen LogP contribution in [0.3, 0.4) is 0 Å². The minimum atomic E-state index is -0.793. The van der Waals surface area contributed by atoms with Crippen LogP contribution in [0.1, 0.15) is 29.7 Å². The Hall–Kier alpha value is -4.06. The maximum Gasteiger partial charge on any atom is 0.408 e. The van der Waals surface area contributed by atoms with Crippen LogP contribution in [0.5, 0.6) is 0 Å². The maximum atomic E-state index is 13.2. The van der Waals surface area contributed by atoms with Crippen LogP contribution >= 0.6 is 0 Å². The Labute approximate surface area is 193 Å². The van der Waals surface area contributed by atoms with Gasteiger partial charge in [-0.3, -0.25) is 4.79 Å². The molecule has 0 saturated heterocycles. The van der Waals surface area contributed by atoms with E-state index in [9.17, 15) is 9.59 Å². The lowest BCUT2D eigenvalue weighted by molar-refractivity contribution is -0.123. The lowest BCUT2D eigenvalue weighted by Crippen LogP contribution is -2.48. The van der Waals surface area contributed by atoms with Crippen molar-refractivity contribution in [3.05, 3.63) is 108 Å². The third kappa shape index (κ3) is 5.80. The molecule has 33 heavy (non-hydrogen) atoms. The summed E-state index contributed by atoms with van der Waals surface area (Å²) in [6.45, 7) is 2.05. The van der Waals surface area contributed by atoms with Crippen molar-refractivity contribution in [2.45, 2.75) is 32.0 Å². The molecule has 4 rings (SSSR count). The second-order valence-electron chi connectivity index (χ2n) is 7.96. The minimum absolute atomic E-state index is 0.133. The van der Waals surface area contributed by atoms with E-state index in [2.05, 4.69) is 15.6 Å². The van der Waals surface area contributed by atoms with E-state index in [0.29, 0.717) is 6.42 Å². The van der Waals surface area contributed by atoms with Crippen molar-refractivity contribution in [2.75, 3.05) is 0 Å². The van der Waals surface area contributed by atoms with Gasteiger partial charge in [-0.2, -0.15) is 0 Å². The van der Waals surface area contributed by atoms with Crippen molar-refractivity contribution >= 4 is 22.9 Å². The van der Waals surface area contributed by atoms with E-state index in [1.807, 2.05) is 98.0 Å². The van der Waals surface area contributed by atoms with Crippen molar-refractivity contribution in [3.63, 3.8) is 0 Å². The molecule has 0 aliphatic rings. The predicted molar refractivity (Wildman–Crippen MR) is 129 cm³/mol. The molecule has 0 saturated carbocycles. The molecule has 3 aromatic carbocycles. The zero-order valence-corrected chi connectivity index (χ0v) is 18.5. The average molecular weight is 442 g/mol. The zero-order valence-electron chi connectivity index (χ0n) is 18.5. The number of nitrogens with one attached hydrogen (secondary N) is 3. The third-order valence-corrected chi connectivity index (χ3v) is 5.58. The molecule has 0 fully saturated rings. The van der Waals surface area contributed by atoms with Crippen molar-refractivity contribution < 1.29 is 14.3 Å². The number of amides is 2. The summed E-state index contributed by atoms with van der Waals surface area (Å²) >= 11 is 0. The standard InChI is InChI=1S/C27H27N3O3/c1-19(21-12-6-3-7-13-21)29-26(31)25(16-22-17-28-24-15-9-8-14-23(22)24)30-27(32)33-18-20-10-4-2-5-11-20/h2-15,17,19,25,28H,16,18H2,1H3,(H,29,31)(H,30,32). The summed E-state index contributed by atoms with van der Waals surface area (Å²) in [5.74, 6) is -0.270. The van der Waals surface area contributed by atoms with Gasteiger partial charge in [0.05, 0.1) is 6.04 Å². The molecule has 2 atom stereocenters. The van der Waals surface area contributed by atoms with Crippen molar-refractivity contribution in [1.82, 2.24) is 15.6 Å². The molecule has 0 bridgehead atoms. The highest BCUT2D eigenvalue weighted by Gasteiger charge is 2.25. The highest BCUT2D eigenvalue weighted by atomic mass is 16.5. The monoisotopic (exact) mass is 441 g/mol. The first-order chi connectivity index (χ1) is 16.1. The predicted octanol–water partition coefficient (Wildman–Crippen LogP) is 4.88. The van der Waals surface area contributed by atoms with Gasteiger partial charge in [-0.25, -0.2) is 4.79 Å². The number of carbonyl (C=O) groups is 2. The Morgan fingerprint density at radius 3 is 2.30 bits per heavy atom. The summed E-state index contributed by atoms with van der Waals surface area (Å²) in [7, 11) is 0. The quantitative estimate of drug-likeness (QED) is 0.364. The van der Waals surface area contributed by atoms with E-state index in [1.165, 1.54) is 0 Å². The van der Waals surface area contributed by atoms with Crippen LogP contribution in [0.4, 0.5) is 4.79 Å². The SMILES string of the molecule is CC(NC(=O)C(Cc1c[nH]c2ccccc12)NC(=O)OCc1ccccc1)c1ccccc1. The van der Waals surface area contributed by atoms with Gasteiger partial charge in [0.25, 0.3) is 0 Å². The van der Waals surface area contributed by atoms with Crippen LogP contribution in [0.15, 0.2) is 91.1 Å². The van der Waals surface area contributed by atoms with Gasteiger partial charge in [0.1, 0.15) is 12.6 Å². The van der Waals surface area contributed by atoms with Crippen LogP contribution < -0.4 is 10.6 Å².